The van der Waals surface area contributed by atoms with Crippen LogP contribution >= 0.6 is 11.3 Å². The number of thiazole rings is 1. The molecule has 1 aromatic heterocycles. The fourth-order valence-electron chi connectivity index (χ4n) is 3.19. The first-order valence-corrected chi connectivity index (χ1v) is 12.8. The molecule has 0 aliphatic carbocycles. The molecule has 0 unspecified atom stereocenters. The van der Waals surface area contributed by atoms with Crippen LogP contribution in [0.3, 0.4) is 0 Å². The predicted octanol–water partition coefficient (Wildman–Crippen LogP) is 3.70. The molecule has 31 heavy (non-hydrogen) atoms. The normalized spacial score (nSPS) is 11.8. The highest BCUT2D eigenvalue weighted by Crippen LogP contribution is 2.31. The van der Waals surface area contributed by atoms with Gasteiger partial charge in [-0.25, -0.2) is 13.4 Å². The zero-order chi connectivity index (χ0) is 22.6. The Kier molecular flexibility index (Phi) is 7.30. The first-order valence-electron chi connectivity index (χ1n) is 10.1. The van der Waals surface area contributed by atoms with Gasteiger partial charge in [0.05, 0.1) is 22.2 Å². The number of carbonyl (C=O) groups excluding carboxylic acids is 1. The van der Waals surface area contributed by atoms with Crippen LogP contribution < -0.4 is 9.64 Å². The number of fused-ring (bicyclic) bond motifs is 1. The van der Waals surface area contributed by atoms with Crippen LogP contribution in [0.15, 0.2) is 47.4 Å². The number of hydrogen-bond donors (Lipinski definition) is 0. The second-order valence-corrected chi connectivity index (χ2v) is 10.1. The molecule has 7 nitrogen and oxygen atoms in total. The minimum absolute atomic E-state index is 0.155. The molecule has 3 rings (SSSR count). The van der Waals surface area contributed by atoms with Gasteiger partial charge >= 0.3 is 0 Å². The molecule has 0 aliphatic heterocycles. The molecule has 1 amide bonds. The highest BCUT2D eigenvalue weighted by Gasteiger charge is 2.22. The van der Waals surface area contributed by atoms with Gasteiger partial charge in [0.25, 0.3) is 5.91 Å². The number of benzene rings is 2. The topological polar surface area (TPSA) is 79.8 Å². The number of methoxy groups -OCH3 is 1. The second-order valence-electron chi connectivity index (χ2n) is 7.11. The van der Waals surface area contributed by atoms with Crippen LogP contribution in [0.2, 0.25) is 0 Å². The summed E-state index contributed by atoms with van der Waals surface area (Å²) in [7, 11) is -1.74. The molecule has 0 N–H and O–H groups in total. The lowest BCUT2D eigenvalue weighted by Gasteiger charge is -2.24. The molecule has 0 spiro atoms. The van der Waals surface area contributed by atoms with Gasteiger partial charge in [0.15, 0.2) is 15.0 Å². The van der Waals surface area contributed by atoms with Gasteiger partial charge in [-0.15, -0.1) is 0 Å². The summed E-state index contributed by atoms with van der Waals surface area (Å²) in [4.78, 5) is 22.2. The number of rotatable bonds is 9. The van der Waals surface area contributed by atoms with Crippen LogP contribution in [-0.2, 0) is 9.84 Å². The molecule has 0 radical (unpaired) electrons. The van der Waals surface area contributed by atoms with E-state index in [1.807, 2.05) is 0 Å². The van der Waals surface area contributed by atoms with Crippen LogP contribution in [0, 0.1) is 0 Å². The van der Waals surface area contributed by atoms with Crippen LogP contribution in [0.1, 0.15) is 24.2 Å². The zero-order valence-corrected chi connectivity index (χ0v) is 19.8. The third kappa shape index (κ3) is 5.41. The van der Waals surface area contributed by atoms with Crippen LogP contribution in [0.4, 0.5) is 5.13 Å². The maximum atomic E-state index is 13.4. The monoisotopic (exact) mass is 461 g/mol. The van der Waals surface area contributed by atoms with E-state index in [0.717, 1.165) is 17.8 Å². The fraction of sp³-hybridized carbons (Fsp3) is 0.364. The predicted molar refractivity (Wildman–Crippen MR) is 125 cm³/mol. The number of anilines is 1. The molecule has 166 valence electrons. The Labute approximate surface area is 187 Å². The van der Waals surface area contributed by atoms with E-state index in [9.17, 15) is 13.2 Å². The zero-order valence-electron chi connectivity index (χ0n) is 18.2. The molecule has 1 heterocycles. The number of sulfone groups is 1. The molecule has 9 heteroatoms. The van der Waals surface area contributed by atoms with Crippen molar-refractivity contribution in [1.29, 1.82) is 0 Å². The Bertz CT molecular complexity index is 1150. The van der Waals surface area contributed by atoms with Gasteiger partial charge in [-0.2, -0.15) is 0 Å². The molecule has 0 saturated carbocycles. The average Bonchev–Trinajstić information content (AvgIpc) is 3.19. The molecular weight excluding hydrogens is 434 g/mol. The van der Waals surface area contributed by atoms with E-state index in [1.165, 1.54) is 17.6 Å². The fourth-order valence-corrected chi connectivity index (χ4v) is 4.94. The van der Waals surface area contributed by atoms with Crippen molar-refractivity contribution in [1.82, 2.24) is 9.88 Å². The van der Waals surface area contributed by atoms with E-state index < -0.39 is 9.84 Å². The Morgan fingerprint density at radius 3 is 2.32 bits per heavy atom. The van der Waals surface area contributed by atoms with Gasteiger partial charge in [0.1, 0.15) is 5.75 Å². The maximum absolute atomic E-state index is 13.4. The van der Waals surface area contributed by atoms with E-state index in [0.29, 0.717) is 35.1 Å². The Hall–Kier alpha value is -2.49. The van der Waals surface area contributed by atoms with Crippen molar-refractivity contribution in [2.45, 2.75) is 18.7 Å². The largest absolute Gasteiger partial charge is 0.497 e. The van der Waals surface area contributed by atoms with Crippen molar-refractivity contribution >= 4 is 42.4 Å². The summed E-state index contributed by atoms with van der Waals surface area (Å²) >= 11 is 1.32. The maximum Gasteiger partial charge on any atom is 0.260 e. The number of carbonyl (C=O) groups is 1. The molecule has 0 atom stereocenters. The minimum Gasteiger partial charge on any atom is -0.497 e. The molecule has 0 bridgehead atoms. The average molecular weight is 462 g/mol. The Morgan fingerprint density at radius 1 is 1.06 bits per heavy atom. The molecule has 0 saturated heterocycles. The van der Waals surface area contributed by atoms with Gasteiger partial charge in [0, 0.05) is 24.9 Å². The van der Waals surface area contributed by atoms with Crippen LogP contribution in [0.25, 0.3) is 10.2 Å². The molecule has 0 aliphatic rings. The number of amides is 1. The third-order valence-electron chi connectivity index (χ3n) is 5.12. The first kappa shape index (κ1) is 23.2. The van der Waals surface area contributed by atoms with Crippen molar-refractivity contribution in [3.05, 3.63) is 48.0 Å². The number of nitrogens with zero attached hydrogens (tertiary/aromatic N) is 3. The van der Waals surface area contributed by atoms with Gasteiger partial charge < -0.3 is 9.64 Å². The third-order valence-corrected chi connectivity index (χ3v) is 7.28. The van der Waals surface area contributed by atoms with Crippen molar-refractivity contribution in [3.63, 3.8) is 0 Å². The van der Waals surface area contributed by atoms with E-state index in [-0.39, 0.29) is 10.8 Å². The smallest absolute Gasteiger partial charge is 0.260 e. The van der Waals surface area contributed by atoms with E-state index in [1.54, 1.807) is 54.5 Å². The molecular formula is C22H27N3O4S2. The quantitative estimate of drug-likeness (QED) is 0.483. The van der Waals surface area contributed by atoms with Gasteiger partial charge in [0.2, 0.25) is 0 Å². The highest BCUT2D eigenvalue weighted by molar-refractivity contribution is 7.90. The van der Waals surface area contributed by atoms with Crippen molar-refractivity contribution in [2.24, 2.45) is 0 Å². The number of hydrogen-bond acceptors (Lipinski definition) is 7. The van der Waals surface area contributed by atoms with Gasteiger partial charge in [-0.3, -0.25) is 9.69 Å². The van der Waals surface area contributed by atoms with Gasteiger partial charge in [-0.1, -0.05) is 25.2 Å². The van der Waals surface area contributed by atoms with Crippen molar-refractivity contribution < 1.29 is 17.9 Å². The van der Waals surface area contributed by atoms with Crippen LogP contribution in [-0.4, -0.2) is 63.8 Å². The Balaban J connectivity index is 1.99. The van der Waals surface area contributed by atoms with Crippen molar-refractivity contribution in [3.8, 4) is 5.75 Å². The summed E-state index contributed by atoms with van der Waals surface area (Å²) in [5, 5.41) is 0.550. The molecule has 0 fully saturated rings. The lowest BCUT2D eigenvalue weighted by molar-refractivity contribution is 0.0983. The SMILES string of the molecule is CCN(CC)CCN(C(=O)c1ccc(OC)cc1)c1nc2ccc(S(C)(=O)=O)cc2s1. The summed E-state index contributed by atoms with van der Waals surface area (Å²) in [6.07, 6.45) is 1.18. The standard InChI is InChI=1S/C22H27N3O4S2/c1-5-24(6-2)13-14-25(21(26)16-7-9-17(29-3)10-8-16)22-23-19-12-11-18(31(4,27)28)15-20(19)30-22/h7-12,15H,5-6,13-14H2,1-4H3. The van der Waals surface area contributed by atoms with Gasteiger partial charge in [-0.05, 0) is 55.6 Å². The van der Waals surface area contributed by atoms with E-state index in [2.05, 4.69) is 23.7 Å². The summed E-state index contributed by atoms with van der Waals surface area (Å²) in [5.74, 6) is 0.525. The van der Waals surface area contributed by atoms with E-state index >= 15 is 0 Å². The lowest BCUT2D eigenvalue weighted by Crippen LogP contribution is -2.38. The summed E-state index contributed by atoms with van der Waals surface area (Å²) in [6, 6.07) is 11.8. The first-order chi connectivity index (χ1) is 14.8. The lowest BCUT2D eigenvalue weighted by atomic mass is 10.2. The number of ether oxygens (including phenoxy) is 1. The molecule has 3 aromatic rings. The van der Waals surface area contributed by atoms with E-state index in [4.69, 9.17) is 4.74 Å². The summed E-state index contributed by atoms with van der Waals surface area (Å²) in [5.41, 5.74) is 1.21. The minimum atomic E-state index is -3.32. The summed E-state index contributed by atoms with van der Waals surface area (Å²) in [6.45, 7) is 7.13. The highest BCUT2D eigenvalue weighted by atomic mass is 32.2. The second kappa shape index (κ2) is 9.76. The number of likely N-dealkylation sites (N-methyl/N-ethyl adjacent to an activating group) is 1. The van der Waals surface area contributed by atoms with Crippen molar-refractivity contribution in [2.75, 3.05) is 44.4 Å². The Morgan fingerprint density at radius 2 is 1.74 bits per heavy atom. The summed E-state index contributed by atoms with van der Waals surface area (Å²) < 4.78 is 29.7. The molecule has 2 aromatic carbocycles. The number of aromatic nitrogens is 1. The van der Waals surface area contributed by atoms with Crippen LogP contribution in [0.5, 0.6) is 5.75 Å².